The van der Waals surface area contributed by atoms with Crippen molar-refractivity contribution in [2.24, 2.45) is 0 Å². The minimum atomic E-state index is 0.00709. The summed E-state index contributed by atoms with van der Waals surface area (Å²) in [5.74, 6) is 0.00709. The quantitative estimate of drug-likeness (QED) is 0.752. The lowest BCUT2D eigenvalue weighted by molar-refractivity contribution is -0.118. The number of nitrogens with one attached hydrogen (secondary N) is 1. The largest absolute Gasteiger partial charge is 0.356 e. The summed E-state index contributed by atoms with van der Waals surface area (Å²) in [6, 6.07) is 5.90. The van der Waals surface area contributed by atoms with Gasteiger partial charge in [-0.25, -0.2) is 0 Å². The van der Waals surface area contributed by atoms with Crippen LogP contribution in [-0.2, 0) is 11.2 Å². The van der Waals surface area contributed by atoms with Crippen LogP contribution in [0.4, 0.5) is 0 Å². The van der Waals surface area contributed by atoms with E-state index in [1.165, 1.54) is 6.92 Å². The second kappa shape index (κ2) is 4.60. The zero-order valence-corrected chi connectivity index (χ0v) is 8.00. The van der Waals surface area contributed by atoms with Gasteiger partial charge in [-0.1, -0.05) is 6.07 Å². The molecule has 0 saturated heterocycles. The molecule has 70 valence electrons. The normalized spacial score (nSPS) is 9.69. The molecule has 1 N–H and O–H groups in total. The minimum Gasteiger partial charge on any atom is -0.356 e. The van der Waals surface area contributed by atoms with Crippen molar-refractivity contribution >= 4 is 5.91 Å². The highest BCUT2D eigenvalue weighted by atomic mass is 16.1. The lowest BCUT2D eigenvalue weighted by Gasteiger charge is -2.02. The van der Waals surface area contributed by atoms with E-state index in [0.717, 1.165) is 17.8 Å². The van der Waals surface area contributed by atoms with Gasteiger partial charge in [0.1, 0.15) is 0 Å². The minimum absolute atomic E-state index is 0.00709. The molecule has 1 amide bonds. The Morgan fingerprint density at radius 1 is 1.54 bits per heavy atom. The van der Waals surface area contributed by atoms with Crippen molar-refractivity contribution in [1.82, 2.24) is 10.3 Å². The van der Waals surface area contributed by atoms with Crippen LogP contribution in [0.25, 0.3) is 0 Å². The van der Waals surface area contributed by atoms with Crippen LogP contribution in [0.1, 0.15) is 18.3 Å². The van der Waals surface area contributed by atoms with Crippen molar-refractivity contribution in [3.8, 4) is 0 Å². The number of carbonyl (C=O) groups is 1. The van der Waals surface area contributed by atoms with E-state index < -0.39 is 0 Å². The standard InChI is InChI=1S/C10H14N2O/c1-8-4-3-5-10(12-8)6-7-11-9(2)13/h3-5H,6-7H2,1-2H3,(H,11,13). The predicted octanol–water partition coefficient (Wildman–Crippen LogP) is 1.07. The third-order valence-corrected chi connectivity index (χ3v) is 1.70. The second-order valence-electron chi connectivity index (χ2n) is 3.00. The third-order valence-electron chi connectivity index (χ3n) is 1.70. The van der Waals surface area contributed by atoms with Crippen LogP contribution in [0.3, 0.4) is 0 Å². The molecule has 1 aromatic rings. The fraction of sp³-hybridized carbons (Fsp3) is 0.400. The lowest BCUT2D eigenvalue weighted by Crippen LogP contribution is -2.22. The summed E-state index contributed by atoms with van der Waals surface area (Å²) in [7, 11) is 0. The Hall–Kier alpha value is -1.38. The molecule has 0 aliphatic heterocycles. The summed E-state index contributed by atoms with van der Waals surface area (Å²) >= 11 is 0. The highest BCUT2D eigenvalue weighted by Gasteiger charge is 1.95. The van der Waals surface area contributed by atoms with Crippen molar-refractivity contribution < 1.29 is 4.79 Å². The molecule has 3 nitrogen and oxygen atoms in total. The monoisotopic (exact) mass is 178 g/mol. The van der Waals surface area contributed by atoms with E-state index >= 15 is 0 Å². The van der Waals surface area contributed by atoms with Crippen LogP contribution in [0, 0.1) is 6.92 Å². The van der Waals surface area contributed by atoms with Crippen molar-refractivity contribution in [2.45, 2.75) is 20.3 Å². The summed E-state index contributed by atoms with van der Waals surface area (Å²) in [6.07, 6.45) is 0.793. The number of pyridine rings is 1. The van der Waals surface area contributed by atoms with E-state index in [2.05, 4.69) is 10.3 Å². The number of hydrogen-bond donors (Lipinski definition) is 1. The number of rotatable bonds is 3. The fourth-order valence-electron chi connectivity index (χ4n) is 1.11. The van der Waals surface area contributed by atoms with Gasteiger partial charge in [-0.2, -0.15) is 0 Å². The zero-order chi connectivity index (χ0) is 9.68. The van der Waals surface area contributed by atoms with E-state index in [-0.39, 0.29) is 5.91 Å². The Balaban J connectivity index is 2.41. The smallest absolute Gasteiger partial charge is 0.216 e. The number of hydrogen-bond acceptors (Lipinski definition) is 2. The van der Waals surface area contributed by atoms with Gasteiger partial charge in [0.05, 0.1) is 0 Å². The molecule has 0 unspecified atom stereocenters. The molecule has 0 radical (unpaired) electrons. The molecule has 0 atom stereocenters. The Morgan fingerprint density at radius 3 is 2.92 bits per heavy atom. The Kier molecular flexibility index (Phi) is 3.43. The predicted molar refractivity (Wildman–Crippen MR) is 51.4 cm³/mol. The molecular weight excluding hydrogens is 164 g/mol. The van der Waals surface area contributed by atoms with Crippen molar-refractivity contribution in [2.75, 3.05) is 6.54 Å². The van der Waals surface area contributed by atoms with E-state index in [4.69, 9.17) is 0 Å². The molecule has 0 fully saturated rings. The average Bonchev–Trinajstić information content (AvgIpc) is 2.03. The number of nitrogens with zero attached hydrogens (tertiary/aromatic N) is 1. The summed E-state index contributed by atoms with van der Waals surface area (Å²) in [5, 5.41) is 2.73. The van der Waals surface area contributed by atoms with Gasteiger partial charge in [0, 0.05) is 31.3 Å². The molecule has 0 aliphatic carbocycles. The Labute approximate surface area is 78.2 Å². The summed E-state index contributed by atoms with van der Waals surface area (Å²) in [4.78, 5) is 14.9. The van der Waals surface area contributed by atoms with Crippen molar-refractivity contribution in [3.05, 3.63) is 29.6 Å². The van der Waals surface area contributed by atoms with Gasteiger partial charge in [0.2, 0.25) is 5.91 Å². The van der Waals surface area contributed by atoms with Crippen molar-refractivity contribution in [3.63, 3.8) is 0 Å². The number of amides is 1. The Morgan fingerprint density at radius 2 is 2.31 bits per heavy atom. The first-order valence-corrected chi connectivity index (χ1v) is 4.35. The van der Waals surface area contributed by atoms with Crippen LogP contribution in [0.15, 0.2) is 18.2 Å². The van der Waals surface area contributed by atoms with Crippen LogP contribution >= 0.6 is 0 Å². The van der Waals surface area contributed by atoms with Crippen LogP contribution in [0.5, 0.6) is 0 Å². The first-order chi connectivity index (χ1) is 6.18. The second-order valence-corrected chi connectivity index (χ2v) is 3.00. The summed E-state index contributed by atoms with van der Waals surface area (Å²) in [6.45, 7) is 4.14. The van der Waals surface area contributed by atoms with E-state index in [1.807, 2.05) is 25.1 Å². The molecule has 0 spiro atoms. The molecule has 1 aromatic heterocycles. The van der Waals surface area contributed by atoms with E-state index in [1.54, 1.807) is 0 Å². The highest BCUT2D eigenvalue weighted by Crippen LogP contribution is 1.97. The SMILES string of the molecule is CC(=O)NCCc1cccc(C)n1. The number of aryl methyl sites for hydroxylation is 1. The molecule has 1 heterocycles. The summed E-state index contributed by atoms with van der Waals surface area (Å²) < 4.78 is 0. The maximum atomic E-state index is 10.6. The lowest BCUT2D eigenvalue weighted by atomic mass is 10.2. The van der Waals surface area contributed by atoms with Crippen molar-refractivity contribution in [1.29, 1.82) is 0 Å². The van der Waals surface area contributed by atoms with Gasteiger partial charge in [-0.15, -0.1) is 0 Å². The molecular formula is C10H14N2O. The van der Waals surface area contributed by atoms with Crippen LogP contribution < -0.4 is 5.32 Å². The first kappa shape index (κ1) is 9.71. The van der Waals surface area contributed by atoms with Gasteiger partial charge in [0.15, 0.2) is 0 Å². The van der Waals surface area contributed by atoms with Gasteiger partial charge >= 0.3 is 0 Å². The number of carbonyl (C=O) groups excluding carboxylic acids is 1. The average molecular weight is 178 g/mol. The maximum Gasteiger partial charge on any atom is 0.216 e. The molecule has 0 aromatic carbocycles. The molecule has 0 aliphatic rings. The molecule has 1 rings (SSSR count). The van der Waals surface area contributed by atoms with E-state index in [9.17, 15) is 4.79 Å². The number of aromatic nitrogens is 1. The van der Waals surface area contributed by atoms with E-state index in [0.29, 0.717) is 6.54 Å². The van der Waals surface area contributed by atoms with Gasteiger partial charge in [0.25, 0.3) is 0 Å². The molecule has 3 heteroatoms. The molecule has 13 heavy (non-hydrogen) atoms. The highest BCUT2D eigenvalue weighted by molar-refractivity contribution is 5.72. The van der Waals surface area contributed by atoms with Gasteiger partial charge in [-0.05, 0) is 19.1 Å². The fourth-order valence-corrected chi connectivity index (χ4v) is 1.11. The molecule has 0 saturated carbocycles. The first-order valence-electron chi connectivity index (χ1n) is 4.35. The topological polar surface area (TPSA) is 42.0 Å². The van der Waals surface area contributed by atoms with Crippen LogP contribution in [0.2, 0.25) is 0 Å². The van der Waals surface area contributed by atoms with Crippen LogP contribution in [-0.4, -0.2) is 17.4 Å². The maximum absolute atomic E-state index is 10.6. The molecule has 0 bridgehead atoms. The third kappa shape index (κ3) is 3.69. The zero-order valence-electron chi connectivity index (χ0n) is 8.00. The Bertz CT molecular complexity index is 297. The van der Waals surface area contributed by atoms with Gasteiger partial charge < -0.3 is 5.32 Å². The van der Waals surface area contributed by atoms with Gasteiger partial charge in [-0.3, -0.25) is 9.78 Å². The summed E-state index contributed by atoms with van der Waals surface area (Å²) in [5.41, 5.74) is 2.04.